The van der Waals surface area contributed by atoms with Gasteiger partial charge in [-0.2, -0.15) is 0 Å². The van der Waals surface area contributed by atoms with Gasteiger partial charge in [-0.25, -0.2) is 4.98 Å². The quantitative estimate of drug-likeness (QED) is 0.895. The maximum absolute atomic E-state index is 11.7. The van der Waals surface area contributed by atoms with Crippen LogP contribution >= 0.6 is 24.8 Å². The lowest BCUT2D eigenvalue weighted by Crippen LogP contribution is -2.45. The number of nitrogens with zero attached hydrogens (tertiary/aromatic N) is 2. The number of halogens is 2. The van der Waals surface area contributed by atoms with Crippen LogP contribution in [0.5, 0.6) is 0 Å². The molecule has 0 saturated carbocycles. The van der Waals surface area contributed by atoms with Crippen molar-refractivity contribution in [3.05, 3.63) is 18.3 Å². The lowest BCUT2D eigenvalue weighted by molar-refractivity contribution is -0.120. The fourth-order valence-corrected chi connectivity index (χ4v) is 1.89. The third kappa shape index (κ3) is 4.81. The Balaban J connectivity index is 0.00000180. The van der Waals surface area contributed by atoms with E-state index < -0.39 is 5.54 Å². The molecule has 0 radical (unpaired) electrons. The zero-order valence-corrected chi connectivity index (χ0v) is 13.4. The smallest absolute Gasteiger partial charge is 0.243 e. The van der Waals surface area contributed by atoms with Crippen LogP contribution in [0.3, 0.4) is 0 Å². The second kappa shape index (κ2) is 7.67. The summed E-state index contributed by atoms with van der Waals surface area (Å²) in [6.45, 7) is 5.48. The number of nitrogens with one attached hydrogen (secondary N) is 1. The second-order valence-corrected chi connectivity index (χ2v) is 5.28. The van der Waals surface area contributed by atoms with Crippen LogP contribution in [-0.2, 0) is 4.79 Å². The Morgan fingerprint density at radius 3 is 2.35 bits per heavy atom. The van der Waals surface area contributed by atoms with Gasteiger partial charge in [0.15, 0.2) is 0 Å². The number of anilines is 2. The van der Waals surface area contributed by atoms with E-state index in [9.17, 15) is 4.79 Å². The van der Waals surface area contributed by atoms with Crippen LogP contribution < -0.4 is 16.0 Å². The Kier molecular flexibility index (Phi) is 7.27. The maximum atomic E-state index is 11.7. The SMILES string of the molecule is CC(C)(N)C(=O)Nc1ccc(N2CCCC2)nc1.Cl.Cl. The summed E-state index contributed by atoms with van der Waals surface area (Å²) < 4.78 is 0. The molecule has 0 aliphatic carbocycles. The van der Waals surface area contributed by atoms with E-state index in [0.29, 0.717) is 5.69 Å². The zero-order valence-electron chi connectivity index (χ0n) is 11.8. The average Bonchev–Trinajstić information content (AvgIpc) is 2.82. The average molecular weight is 321 g/mol. The molecule has 20 heavy (non-hydrogen) atoms. The van der Waals surface area contributed by atoms with Crippen LogP contribution in [0.15, 0.2) is 18.3 Å². The first-order chi connectivity index (χ1) is 8.47. The minimum absolute atomic E-state index is 0. The van der Waals surface area contributed by atoms with Gasteiger partial charge in [0.2, 0.25) is 5.91 Å². The summed E-state index contributed by atoms with van der Waals surface area (Å²) in [6, 6.07) is 3.80. The normalized spacial score (nSPS) is 14.2. The van der Waals surface area contributed by atoms with Gasteiger partial charge in [0, 0.05) is 13.1 Å². The third-order valence-electron chi connectivity index (χ3n) is 3.02. The molecule has 0 bridgehead atoms. The molecular weight excluding hydrogens is 299 g/mol. The highest BCUT2D eigenvalue weighted by Crippen LogP contribution is 2.19. The Morgan fingerprint density at radius 1 is 1.30 bits per heavy atom. The molecule has 0 atom stereocenters. The van der Waals surface area contributed by atoms with Crippen LogP contribution in [-0.4, -0.2) is 29.5 Å². The molecule has 7 heteroatoms. The van der Waals surface area contributed by atoms with Crippen molar-refractivity contribution in [1.82, 2.24) is 4.98 Å². The van der Waals surface area contributed by atoms with Gasteiger partial charge in [-0.1, -0.05) is 0 Å². The van der Waals surface area contributed by atoms with Crippen molar-refractivity contribution in [1.29, 1.82) is 0 Å². The zero-order chi connectivity index (χ0) is 13.2. The summed E-state index contributed by atoms with van der Waals surface area (Å²) in [7, 11) is 0. The largest absolute Gasteiger partial charge is 0.357 e. The number of hydrogen-bond acceptors (Lipinski definition) is 4. The van der Waals surface area contributed by atoms with E-state index in [0.717, 1.165) is 18.9 Å². The Bertz CT molecular complexity index is 425. The molecule has 1 saturated heterocycles. The van der Waals surface area contributed by atoms with Crippen molar-refractivity contribution >= 4 is 42.2 Å². The highest BCUT2D eigenvalue weighted by atomic mass is 35.5. The van der Waals surface area contributed by atoms with Crippen LogP contribution in [0.25, 0.3) is 0 Å². The molecule has 3 N–H and O–H groups in total. The minimum atomic E-state index is -0.881. The molecule has 5 nitrogen and oxygen atoms in total. The first-order valence-corrected chi connectivity index (χ1v) is 6.28. The highest BCUT2D eigenvalue weighted by molar-refractivity contribution is 5.97. The second-order valence-electron chi connectivity index (χ2n) is 5.28. The summed E-state index contributed by atoms with van der Waals surface area (Å²) in [6.07, 6.45) is 4.13. The number of pyridine rings is 1. The number of amides is 1. The maximum Gasteiger partial charge on any atom is 0.243 e. The summed E-state index contributed by atoms with van der Waals surface area (Å²) >= 11 is 0. The van der Waals surface area contributed by atoms with E-state index >= 15 is 0 Å². The molecule has 2 heterocycles. The predicted octanol–water partition coefficient (Wildman–Crippen LogP) is 2.20. The van der Waals surface area contributed by atoms with Crippen LogP contribution in [0.4, 0.5) is 11.5 Å². The first kappa shape index (κ1) is 19.0. The van der Waals surface area contributed by atoms with Crippen LogP contribution in [0, 0.1) is 0 Å². The Morgan fingerprint density at radius 2 is 1.90 bits per heavy atom. The fraction of sp³-hybridized carbons (Fsp3) is 0.538. The van der Waals surface area contributed by atoms with E-state index in [4.69, 9.17) is 5.73 Å². The number of nitrogens with two attached hydrogens (primary N) is 1. The predicted molar refractivity (Wildman–Crippen MR) is 87.1 cm³/mol. The molecule has 0 spiro atoms. The van der Waals surface area contributed by atoms with Crippen molar-refractivity contribution in [3.8, 4) is 0 Å². The number of hydrogen-bond donors (Lipinski definition) is 2. The van der Waals surface area contributed by atoms with Crippen LogP contribution in [0.1, 0.15) is 26.7 Å². The molecular formula is C13H22Cl2N4O. The van der Waals surface area contributed by atoms with E-state index in [-0.39, 0.29) is 30.7 Å². The third-order valence-corrected chi connectivity index (χ3v) is 3.02. The van der Waals surface area contributed by atoms with Crippen molar-refractivity contribution in [2.75, 3.05) is 23.3 Å². The fourth-order valence-electron chi connectivity index (χ4n) is 1.89. The summed E-state index contributed by atoms with van der Waals surface area (Å²) in [5.41, 5.74) is 5.52. The number of carbonyl (C=O) groups excluding carboxylic acids is 1. The number of carbonyl (C=O) groups is 1. The molecule has 1 aromatic heterocycles. The molecule has 1 amide bonds. The molecule has 114 valence electrons. The molecule has 0 unspecified atom stereocenters. The number of rotatable bonds is 3. The lowest BCUT2D eigenvalue weighted by Gasteiger charge is -2.19. The van der Waals surface area contributed by atoms with Gasteiger partial charge >= 0.3 is 0 Å². The summed E-state index contributed by atoms with van der Waals surface area (Å²) in [4.78, 5) is 18.3. The van der Waals surface area contributed by atoms with Crippen molar-refractivity contribution in [2.24, 2.45) is 5.73 Å². The standard InChI is InChI=1S/C13H20N4O.2ClH/c1-13(2,14)12(18)16-10-5-6-11(15-9-10)17-7-3-4-8-17;;/h5-6,9H,3-4,7-8,14H2,1-2H3,(H,16,18);2*1H. The van der Waals surface area contributed by atoms with Crippen molar-refractivity contribution in [3.63, 3.8) is 0 Å². The molecule has 2 rings (SSSR count). The van der Waals surface area contributed by atoms with Gasteiger partial charge in [-0.15, -0.1) is 24.8 Å². The molecule has 1 aromatic rings. The van der Waals surface area contributed by atoms with Gasteiger partial charge in [0.1, 0.15) is 5.82 Å². The molecule has 1 aliphatic rings. The van der Waals surface area contributed by atoms with E-state index in [1.54, 1.807) is 20.0 Å². The van der Waals surface area contributed by atoms with Crippen molar-refractivity contribution < 1.29 is 4.79 Å². The van der Waals surface area contributed by atoms with Gasteiger partial charge in [0.05, 0.1) is 17.4 Å². The monoisotopic (exact) mass is 320 g/mol. The molecule has 1 aliphatic heterocycles. The highest BCUT2D eigenvalue weighted by Gasteiger charge is 2.22. The molecule has 1 fully saturated rings. The van der Waals surface area contributed by atoms with Gasteiger partial charge in [0.25, 0.3) is 0 Å². The summed E-state index contributed by atoms with van der Waals surface area (Å²) in [5, 5.41) is 2.75. The Hall–Kier alpha value is -1.04. The summed E-state index contributed by atoms with van der Waals surface area (Å²) in [5.74, 6) is 0.760. The van der Waals surface area contributed by atoms with Crippen molar-refractivity contribution in [2.45, 2.75) is 32.2 Å². The lowest BCUT2D eigenvalue weighted by atomic mass is 10.1. The topological polar surface area (TPSA) is 71.2 Å². The minimum Gasteiger partial charge on any atom is -0.357 e. The van der Waals surface area contributed by atoms with Gasteiger partial charge < -0.3 is 16.0 Å². The first-order valence-electron chi connectivity index (χ1n) is 6.28. The number of aromatic nitrogens is 1. The molecule has 0 aromatic carbocycles. The van der Waals surface area contributed by atoms with E-state index in [1.807, 2.05) is 12.1 Å². The van der Waals surface area contributed by atoms with E-state index in [1.165, 1.54) is 12.8 Å². The van der Waals surface area contributed by atoms with Gasteiger partial charge in [-0.3, -0.25) is 4.79 Å². The Labute approximate surface area is 132 Å². The van der Waals surface area contributed by atoms with Crippen LogP contribution in [0.2, 0.25) is 0 Å². The van der Waals surface area contributed by atoms with Gasteiger partial charge in [-0.05, 0) is 38.8 Å². The van der Waals surface area contributed by atoms with E-state index in [2.05, 4.69) is 15.2 Å².